The molecule has 0 aliphatic rings. The molecule has 0 aliphatic carbocycles. The second kappa shape index (κ2) is 4.23. The summed E-state index contributed by atoms with van der Waals surface area (Å²) in [4.78, 5) is 18.0. The molecular formula is C9H15N3O2. The topological polar surface area (TPSA) is 78.0 Å². The largest absolute Gasteiger partial charge is 0.480 e. The number of carboxylic acid groups (broad SMARTS) is 1. The third-order valence-corrected chi connectivity index (χ3v) is 2.15. The molecule has 1 aromatic heterocycles. The minimum absolute atomic E-state index is 0.467. The number of rotatable bonds is 4. The van der Waals surface area contributed by atoms with Gasteiger partial charge in [0.05, 0.1) is 5.69 Å². The number of aromatic amines is 1. The Hall–Kier alpha value is -1.36. The molecular weight excluding hydrogens is 182 g/mol. The third-order valence-electron chi connectivity index (χ3n) is 2.15. The molecule has 0 amide bonds. The van der Waals surface area contributed by atoms with Crippen molar-refractivity contribution in [1.82, 2.24) is 15.3 Å². The number of hydrogen-bond acceptors (Lipinski definition) is 3. The molecule has 14 heavy (non-hydrogen) atoms. The van der Waals surface area contributed by atoms with Crippen LogP contribution in [0.2, 0.25) is 0 Å². The van der Waals surface area contributed by atoms with Crippen molar-refractivity contribution in [2.75, 3.05) is 7.05 Å². The lowest BCUT2D eigenvalue weighted by Crippen LogP contribution is -2.26. The minimum Gasteiger partial charge on any atom is -0.480 e. The van der Waals surface area contributed by atoms with Crippen molar-refractivity contribution in [3.8, 4) is 0 Å². The number of carboxylic acids is 1. The molecule has 1 heterocycles. The molecule has 0 fully saturated rings. The first-order chi connectivity index (χ1) is 6.60. The average Bonchev–Trinajstić information content (AvgIpc) is 2.47. The molecule has 1 unspecified atom stereocenters. The molecule has 5 heteroatoms. The Morgan fingerprint density at radius 2 is 2.36 bits per heavy atom. The summed E-state index contributed by atoms with van der Waals surface area (Å²) >= 11 is 0. The third kappa shape index (κ3) is 1.93. The number of likely N-dealkylation sites (N-methyl/N-ethyl adjacent to an activating group) is 1. The zero-order chi connectivity index (χ0) is 10.7. The lowest BCUT2D eigenvalue weighted by molar-refractivity contribution is -0.139. The van der Waals surface area contributed by atoms with Gasteiger partial charge in [-0.2, -0.15) is 0 Å². The zero-order valence-electron chi connectivity index (χ0n) is 8.59. The standard InChI is InChI=1S/C9H15N3O2/c1-4-6-5(2)11-8(12-6)7(10-3)9(13)14/h7,10H,4H2,1-3H3,(H,11,12)(H,13,14). The fourth-order valence-electron chi connectivity index (χ4n) is 1.38. The first kappa shape index (κ1) is 10.7. The normalized spacial score (nSPS) is 12.8. The number of aliphatic carboxylic acids is 1. The van der Waals surface area contributed by atoms with Crippen molar-refractivity contribution >= 4 is 5.97 Å². The summed E-state index contributed by atoms with van der Waals surface area (Å²) in [6.07, 6.45) is 0.804. The monoisotopic (exact) mass is 197 g/mol. The van der Waals surface area contributed by atoms with Gasteiger partial charge in [0.1, 0.15) is 5.82 Å². The van der Waals surface area contributed by atoms with Gasteiger partial charge in [0.15, 0.2) is 6.04 Å². The molecule has 1 atom stereocenters. The maximum Gasteiger partial charge on any atom is 0.328 e. The molecule has 0 aromatic carbocycles. The highest BCUT2D eigenvalue weighted by atomic mass is 16.4. The van der Waals surface area contributed by atoms with E-state index in [4.69, 9.17) is 5.11 Å². The zero-order valence-corrected chi connectivity index (χ0v) is 8.59. The van der Waals surface area contributed by atoms with Crippen LogP contribution in [0.15, 0.2) is 0 Å². The van der Waals surface area contributed by atoms with Crippen molar-refractivity contribution in [2.24, 2.45) is 0 Å². The smallest absolute Gasteiger partial charge is 0.328 e. The van der Waals surface area contributed by atoms with E-state index in [1.54, 1.807) is 7.05 Å². The van der Waals surface area contributed by atoms with Crippen LogP contribution in [0, 0.1) is 6.92 Å². The van der Waals surface area contributed by atoms with Gasteiger partial charge < -0.3 is 15.4 Å². The van der Waals surface area contributed by atoms with E-state index in [2.05, 4.69) is 15.3 Å². The van der Waals surface area contributed by atoms with Gasteiger partial charge in [0.25, 0.3) is 0 Å². The fourth-order valence-corrected chi connectivity index (χ4v) is 1.38. The average molecular weight is 197 g/mol. The van der Waals surface area contributed by atoms with Crippen LogP contribution in [-0.4, -0.2) is 28.1 Å². The summed E-state index contributed by atoms with van der Waals surface area (Å²) in [5, 5.41) is 11.6. The predicted octanol–water partition coefficient (Wildman–Crippen LogP) is 0.626. The SMILES string of the molecule is CCc1nc(C(NC)C(=O)O)[nH]c1C. The van der Waals surface area contributed by atoms with Gasteiger partial charge in [-0.05, 0) is 20.4 Å². The molecule has 1 aromatic rings. The Morgan fingerprint density at radius 3 is 2.71 bits per heavy atom. The summed E-state index contributed by atoms with van der Waals surface area (Å²) in [5.74, 6) is -0.460. The van der Waals surface area contributed by atoms with E-state index in [0.717, 1.165) is 17.8 Å². The quantitative estimate of drug-likeness (QED) is 0.661. The maximum absolute atomic E-state index is 10.8. The van der Waals surface area contributed by atoms with Gasteiger partial charge in [0, 0.05) is 5.69 Å². The molecule has 78 valence electrons. The number of nitrogens with zero attached hydrogens (tertiary/aromatic N) is 1. The van der Waals surface area contributed by atoms with Gasteiger partial charge in [0.2, 0.25) is 0 Å². The van der Waals surface area contributed by atoms with Gasteiger partial charge in [-0.1, -0.05) is 6.92 Å². The number of hydrogen-bond donors (Lipinski definition) is 3. The summed E-state index contributed by atoms with van der Waals surface area (Å²) in [5.41, 5.74) is 1.85. The highest BCUT2D eigenvalue weighted by molar-refractivity contribution is 5.74. The molecule has 0 radical (unpaired) electrons. The van der Waals surface area contributed by atoms with E-state index in [0.29, 0.717) is 5.82 Å². The van der Waals surface area contributed by atoms with E-state index < -0.39 is 12.0 Å². The summed E-state index contributed by atoms with van der Waals surface area (Å²) in [6.45, 7) is 3.88. The van der Waals surface area contributed by atoms with Gasteiger partial charge in [-0.25, -0.2) is 4.98 Å². The van der Waals surface area contributed by atoms with Crippen LogP contribution in [-0.2, 0) is 11.2 Å². The van der Waals surface area contributed by atoms with Gasteiger partial charge in [-0.3, -0.25) is 4.79 Å². The fraction of sp³-hybridized carbons (Fsp3) is 0.556. The Bertz CT molecular complexity index is 333. The summed E-state index contributed by atoms with van der Waals surface area (Å²) in [7, 11) is 1.60. The first-order valence-corrected chi connectivity index (χ1v) is 4.55. The van der Waals surface area contributed by atoms with Crippen molar-refractivity contribution in [3.05, 3.63) is 17.2 Å². The Morgan fingerprint density at radius 1 is 1.71 bits per heavy atom. The van der Waals surface area contributed by atoms with Crippen LogP contribution >= 0.6 is 0 Å². The first-order valence-electron chi connectivity index (χ1n) is 4.55. The van der Waals surface area contributed by atoms with Gasteiger partial charge >= 0.3 is 5.97 Å². The van der Waals surface area contributed by atoms with Crippen molar-refractivity contribution in [1.29, 1.82) is 0 Å². The lowest BCUT2D eigenvalue weighted by Gasteiger charge is -2.06. The van der Waals surface area contributed by atoms with Gasteiger partial charge in [-0.15, -0.1) is 0 Å². The van der Waals surface area contributed by atoms with Crippen molar-refractivity contribution in [3.63, 3.8) is 0 Å². The van der Waals surface area contributed by atoms with E-state index in [9.17, 15) is 4.79 Å². The maximum atomic E-state index is 10.8. The Kier molecular flexibility index (Phi) is 3.24. The van der Waals surface area contributed by atoms with Crippen LogP contribution in [0.4, 0.5) is 0 Å². The second-order valence-corrected chi connectivity index (χ2v) is 3.11. The molecule has 0 saturated carbocycles. The summed E-state index contributed by atoms with van der Waals surface area (Å²) in [6, 6.07) is -0.756. The number of aromatic nitrogens is 2. The second-order valence-electron chi connectivity index (χ2n) is 3.11. The van der Waals surface area contributed by atoms with E-state index in [1.807, 2.05) is 13.8 Å². The number of H-pyrrole nitrogens is 1. The Labute approximate surface area is 82.6 Å². The van der Waals surface area contributed by atoms with Crippen LogP contribution < -0.4 is 5.32 Å². The number of imidazole rings is 1. The molecule has 3 N–H and O–H groups in total. The molecule has 0 spiro atoms. The van der Waals surface area contributed by atoms with Crippen LogP contribution in [0.5, 0.6) is 0 Å². The van der Waals surface area contributed by atoms with E-state index >= 15 is 0 Å². The van der Waals surface area contributed by atoms with E-state index in [1.165, 1.54) is 0 Å². The molecule has 0 saturated heterocycles. The number of aryl methyl sites for hydroxylation is 2. The molecule has 0 aliphatic heterocycles. The molecule has 0 bridgehead atoms. The van der Waals surface area contributed by atoms with E-state index in [-0.39, 0.29) is 0 Å². The predicted molar refractivity (Wildman–Crippen MR) is 52.1 cm³/mol. The summed E-state index contributed by atoms with van der Waals surface area (Å²) < 4.78 is 0. The van der Waals surface area contributed by atoms with Crippen molar-refractivity contribution < 1.29 is 9.90 Å². The highest BCUT2D eigenvalue weighted by Gasteiger charge is 2.21. The molecule has 1 rings (SSSR count). The highest BCUT2D eigenvalue weighted by Crippen LogP contribution is 2.12. The van der Waals surface area contributed by atoms with Crippen molar-refractivity contribution in [2.45, 2.75) is 26.3 Å². The number of carbonyl (C=O) groups is 1. The minimum atomic E-state index is -0.927. The Balaban J connectivity index is 2.99. The van der Waals surface area contributed by atoms with Crippen LogP contribution in [0.3, 0.4) is 0 Å². The molecule has 5 nitrogen and oxygen atoms in total. The number of nitrogens with one attached hydrogen (secondary N) is 2. The van der Waals surface area contributed by atoms with Crippen LogP contribution in [0.1, 0.15) is 30.2 Å². The van der Waals surface area contributed by atoms with Crippen LogP contribution in [0.25, 0.3) is 0 Å². The lowest BCUT2D eigenvalue weighted by atomic mass is 10.3.